The Hall–Kier alpha value is -3.35. The zero-order chi connectivity index (χ0) is 16.5. The molecule has 0 aliphatic rings. The van der Waals surface area contributed by atoms with Gasteiger partial charge in [0.2, 0.25) is 5.89 Å². The fraction of sp³-hybridized carbons (Fsp3) is 0.118. The van der Waals surface area contributed by atoms with Gasteiger partial charge in [-0.2, -0.15) is 5.10 Å². The summed E-state index contributed by atoms with van der Waals surface area (Å²) in [7, 11) is 1.60. The second kappa shape index (κ2) is 5.69. The van der Waals surface area contributed by atoms with E-state index in [1.54, 1.807) is 42.1 Å². The van der Waals surface area contributed by atoms with Crippen molar-refractivity contribution in [2.24, 2.45) is 0 Å². The lowest BCUT2D eigenvalue weighted by molar-refractivity contribution is 0.0940. The fourth-order valence-corrected chi connectivity index (χ4v) is 2.53. The summed E-state index contributed by atoms with van der Waals surface area (Å²) >= 11 is 0. The summed E-state index contributed by atoms with van der Waals surface area (Å²) in [4.78, 5) is 16.7. The van der Waals surface area contributed by atoms with Crippen molar-refractivity contribution < 1.29 is 13.9 Å². The molecule has 7 heteroatoms. The first kappa shape index (κ1) is 14.3. The molecule has 0 unspecified atom stereocenters. The molecule has 1 amide bonds. The van der Waals surface area contributed by atoms with Gasteiger partial charge in [0.05, 0.1) is 25.4 Å². The minimum atomic E-state index is -0.246. The second-order valence-corrected chi connectivity index (χ2v) is 5.20. The molecule has 3 aromatic heterocycles. The highest BCUT2D eigenvalue weighted by molar-refractivity contribution is 5.93. The number of pyridine rings is 1. The molecule has 0 atom stereocenters. The Bertz CT molecular complexity index is 1030. The summed E-state index contributed by atoms with van der Waals surface area (Å²) in [6.07, 6.45) is 1.65. The lowest BCUT2D eigenvalue weighted by Crippen LogP contribution is -2.25. The monoisotopic (exact) mass is 322 g/mol. The number of hydrogen-bond donors (Lipinski definition) is 1. The summed E-state index contributed by atoms with van der Waals surface area (Å²) in [6.45, 7) is 0.188. The Morgan fingerprint density at radius 2 is 2.21 bits per heavy atom. The van der Waals surface area contributed by atoms with E-state index in [1.165, 1.54) is 0 Å². The van der Waals surface area contributed by atoms with E-state index in [-0.39, 0.29) is 12.5 Å². The van der Waals surface area contributed by atoms with Gasteiger partial charge in [0.1, 0.15) is 17.0 Å². The standard InChI is InChI=1S/C17H14N4O3/c1-23-12-5-6-15-13(9-12)20-16(24-15)10-18-17(22)14-4-2-3-11-7-8-19-21(11)14/h2-9H,10H2,1H3,(H,18,22). The van der Waals surface area contributed by atoms with E-state index in [9.17, 15) is 4.79 Å². The topological polar surface area (TPSA) is 81.7 Å². The summed E-state index contributed by atoms with van der Waals surface area (Å²) in [5, 5.41) is 6.95. The summed E-state index contributed by atoms with van der Waals surface area (Å²) in [5.74, 6) is 0.889. The first-order chi connectivity index (χ1) is 11.7. The molecular weight excluding hydrogens is 308 g/mol. The molecule has 7 nitrogen and oxygen atoms in total. The first-order valence-corrected chi connectivity index (χ1v) is 7.39. The highest BCUT2D eigenvalue weighted by atomic mass is 16.5. The van der Waals surface area contributed by atoms with E-state index < -0.39 is 0 Å². The van der Waals surface area contributed by atoms with Gasteiger partial charge in [-0.05, 0) is 30.3 Å². The number of nitrogens with zero attached hydrogens (tertiary/aromatic N) is 3. The van der Waals surface area contributed by atoms with Crippen LogP contribution >= 0.6 is 0 Å². The lowest BCUT2D eigenvalue weighted by atomic mass is 10.3. The number of oxazole rings is 1. The normalized spacial score (nSPS) is 11.0. The molecule has 0 fully saturated rings. The molecule has 1 N–H and O–H groups in total. The third-order valence-corrected chi connectivity index (χ3v) is 3.69. The lowest BCUT2D eigenvalue weighted by Gasteiger charge is -2.04. The molecule has 120 valence electrons. The third kappa shape index (κ3) is 2.45. The van der Waals surface area contributed by atoms with Crippen molar-refractivity contribution in [3.8, 4) is 5.75 Å². The quantitative estimate of drug-likeness (QED) is 0.624. The zero-order valence-corrected chi connectivity index (χ0v) is 12.9. The summed E-state index contributed by atoms with van der Waals surface area (Å²) in [6, 6.07) is 12.6. The van der Waals surface area contributed by atoms with Crippen molar-refractivity contribution in [2.45, 2.75) is 6.54 Å². The number of benzene rings is 1. The van der Waals surface area contributed by atoms with Crippen LogP contribution < -0.4 is 10.1 Å². The number of carbonyl (C=O) groups is 1. The van der Waals surface area contributed by atoms with E-state index >= 15 is 0 Å². The van der Waals surface area contributed by atoms with Crippen LogP contribution in [-0.4, -0.2) is 27.6 Å². The SMILES string of the molecule is COc1ccc2oc(CNC(=O)c3cccc4ccnn34)nc2c1. The van der Waals surface area contributed by atoms with E-state index in [4.69, 9.17) is 9.15 Å². The number of rotatable bonds is 4. The van der Waals surface area contributed by atoms with Crippen LogP contribution in [0.5, 0.6) is 5.75 Å². The molecule has 0 bridgehead atoms. The number of fused-ring (bicyclic) bond motifs is 2. The number of methoxy groups -OCH3 is 1. The Labute approximate surface area is 136 Å². The number of amides is 1. The number of aromatic nitrogens is 3. The smallest absolute Gasteiger partial charge is 0.270 e. The van der Waals surface area contributed by atoms with E-state index in [2.05, 4.69) is 15.4 Å². The number of ether oxygens (including phenoxy) is 1. The van der Waals surface area contributed by atoms with Gasteiger partial charge in [-0.3, -0.25) is 4.79 Å². The van der Waals surface area contributed by atoms with E-state index in [0.717, 1.165) is 5.52 Å². The van der Waals surface area contributed by atoms with Gasteiger partial charge in [0.25, 0.3) is 5.91 Å². The molecular formula is C17H14N4O3. The van der Waals surface area contributed by atoms with Crippen LogP contribution in [0.4, 0.5) is 0 Å². The van der Waals surface area contributed by atoms with Crippen LogP contribution in [0.3, 0.4) is 0 Å². The molecule has 0 radical (unpaired) electrons. The predicted molar refractivity (Wildman–Crippen MR) is 86.9 cm³/mol. The van der Waals surface area contributed by atoms with Crippen LogP contribution in [0, 0.1) is 0 Å². The van der Waals surface area contributed by atoms with Crippen molar-refractivity contribution in [1.29, 1.82) is 0 Å². The molecule has 4 rings (SSSR count). The van der Waals surface area contributed by atoms with Gasteiger partial charge >= 0.3 is 0 Å². The largest absolute Gasteiger partial charge is 0.497 e. The van der Waals surface area contributed by atoms with E-state index in [0.29, 0.717) is 28.4 Å². The van der Waals surface area contributed by atoms with Gasteiger partial charge in [0, 0.05) is 6.07 Å². The highest BCUT2D eigenvalue weighted by Gasteiger charge is 2.12. The van der Waals surface area contributed by atoms with Gasteiger partial charge in [-0.1, -0.05) is 6.07 Å². The minimum absolute atomic E-state index is 0.188. The molecule has 0 saturated carbocycles. The zero-order valence-electron chi connectivity index (χ0n) is 12.9. The summed E-state index contributed by atoms with van der Waals surface area (Å²) in [5.41, 5.74) is 2.65. The Morgan fingerprint density at radius 3 is 3.08 bits per heavy atom. The second-order valence-electron chi connectivity index (χ2n) is 5.20. The van der Waals surface area contributed by atoms with Crippen molar-refractivity contribution in [3.63, 3.8) is 0 Å². The molecule has 0 aliphatic carbocycles. The minimum Gasteiger partial charge on any atom is -0.497 e. The molecule has 3 heterocycles. The Balaban J connectivity index is 1.54. The van der Waals surface area contributed by atoms with Crippen LogP contribution in [0.15, 0.2) is 53.1 Å². The molecule has 0 spiro atoms. The molecule has 0 aliphatic heterocycles. The maximum atomic E-state index is 12.4. The molecule has 1 aromatic carbocycles. The van der Waals surface area contributed by atoms with Crippen molar-refractivity contribution in [3.05, 3.63) is 60.2 Å². The van der Waals surface area contributed by atoms with Gasteiger partial charge in [-0.25, -0.2) is 9.50 Å². The molecule has 4 aromatic rings. The predicted octanol–water partition coefficient (Wildman–Crippen LogP) is 2.41. The maximum Gasteiger partial charge on any atom is 0.270 e. The van der Waals surface area contributed by atoms with Crippen LogP contribution in [0.25, 0.3) is 16.6 Å². The third-order valence-electron chi connectivity index (χ3n) is 3.69. The fourth-order valence-electron chi connectivity index (χ4n) is 2.53. The van der Waals surface area contributed by atoms with Gasteiger partial charge in [0.15, 0.2) is 5.58 Å². The first-order valence-electron chi connectivity index (χ1n) is 7.39. The molecule has 0 saturated heterocycles. The van der Waals surface area contributed by atoms with Crippen LogP contribution in [-0.2, 0) is 6.54 Å². The van der Waals surface area contributed by atoms with Crippen molar-refractivity contribution >= 4 is 22.5 Å². The van der Waals surface area contributed by atoms with Crippen LogP contribution in [0.2, 0.25) is 0 Å². The van der Waals surface area contributed by atoms with Crippen molar-refractivity contribution in [1.82, 2.24) is 19.9 Å². The number of carbonyl (C=O) groups excluding carboxylic acids is 1. The average Bonchev–Trinajstić information content (AvgIpc) is 3.24. The van der Waals surface area contributed by atoms with Gasteiger partial charge < -0.3 is 14.5 Å². The Morgan fingerprint density at radius 1 is 1.29 bits per heavy atom. The Kier molecular flexibility index (Phi) is 3.38. The van der Waals surface area contributed by atoms with Crippen molar-refractivity contribution in [2.75, 3.05) is 7.11 Å². The molecule has 24 heavy (non-hydrogen) atoms. The van der Waals surface area contributed by atoms with Gasteiger partial charge in [-0.15, -0.1) is 0 Å². The van der Waals surface area contributed by atoms with E-state index in [1.807, 2.05) is 18.2 Å². The summed E-state index contributed by atoms with van der Waals surface area (Å²) < 4.78 is 12.4. The maximum absolute atomic E-state index is 12.4. The average molecular weight is 322 g/mol. The number of nitrogens with one attached hydrogen (secondary N) is 1. The van der Waals surface area contributed by atoms with Crippen LogP contribution in [0.1, 0.15) is 16.4 Å². The highest BCUT2D eigenvalue weighted by Crippen LogP contribution is 2.21. The number of hydrogen-bond acceptors (Lipinski definition) is 5.